The lowest BCUT2D eigenvalue weighted by atomic mass is 10.1. The summed E-state index contributed by atoms with van der Waals surface area (Å²) in [5.74, 6) is 1.70. The first-order chi connectivity index (χ1) is 15.7. The maximum atomic E-state index is 13.0. The number of rotatable bonds is 5. The monoisotopic (exact) mass is 430 g/mol. The van der Waals surface area contributed by atoms with E-state index in [2.05, 4.69) is 5.32 Å². The molecule has 162 valence electrons. The predicted octanol–water partition coefficient (Wildman–Crippen LogP) is 4.24. The van der Waals surface area contributed by atoms with Crippen LogP contribution in [0.15, 0.2) is 72.8 Å². The lowest BCUT2D eigenvalue weighted by molar-refractivity contribution is -0.122. The normalized spacial score (nSPS) is 17.2. The van der Waals surface area contributed by atoms with Gasteiger partial charge in [0.25, 0.3) is 0 Å². The predicted molar refractivity (Wildman–Crippen MR) is 119 cm³/mol. The molecule has 2 aliphatic rings. The van der Waals surface area contributed by atoms with Crippen molar-refractivity contribution in [2.75, 3.05) is 30.0 Å². The van der Waals surface area contributed by atoms with Crippen LogP contribution in [0.2, 0.25) is 0 Å². The summed E-state index contributed by atoms with van der Waals surface area (Å²) in [5, 5.41) is 2.93. The standard InChI is InChI=1S/C25H22N2O5/c28-24-14-17(16-27(24)18-10-11-22-23(15-18)31-13-12-30-22)25(29)26-20-8-4-5-9-21(20)32-19-6-2-1-3-7-19/h1-11,15,17H,12-14,16H2,(H,26,29)/t17-/m0/s1. The van der Waals surface area contributed by atoms with Gasteiger partial charge in [0.2, 0.25) is 11.8 Å². The van der Waals surface area contributed by atoms with E-state index < -0.39 is 5.92 Å². The van der Waals surface area contributed by atoms with Crippen LogP contribution in [-0.2, 0) is 9.59 Å². The number of fused-ring (bicyclic) bond motifs is 1. The number of carbonyl (C=O) groups excluding carboxylic acids is 2. The third-order valence-corrected chi connectivity index (χ3v) is 5.45. The molecule has 0 aliphatic carbocycles. The van der Waals surface area contributed by atoms with Gasteiger partial charge in [0.15, 0.2) is 17.2 Å². The van der Waals surface area contributed by atoms with Crippen LogP contribution in [0.4, 0.5) is 11.4 Å². The molecule has 0 aromatic heterocycles. The van der Waals surface area contributed by atoms with E-state index >= 15 is 0 Å². The minimum Gasteiger partial charge on any atom is -0.486 e. The summed E-state index contributed by atoms with van der Waals surface area (Å²) in [4.78, 5) is 27.3. The molecule has 2 heterocycles. The highest BCUT2D eigenvalue weighted by Crippen LogP contribution is 2.36. The van der Waals surface area contributed by atoms with Crippen molar-refractivity contribution in [3.63, 3.8) is 0 Å². The van der Waals surface area contributed by atoms with Crippen molar-refractivity contribution in [2.24, 2.45) is 5.92 Å². The molecule has 7 nitrogen and oxygen atoms in total. The fourth-order valence-electron chi connectivity index (χ4n) is 3.84. The van der Waals surface area contributed by atoms with Gasteiger partial charge in [-0.05, 0) is 36.4 Å². The molecule has 32 heavy (non-hydrogen) atoms. The van der Waals surface area contributed by atoms with Gasteiger partial charge in [-0.25, -0.2) is 0 Å². The van der Waals surface area contributed by atoms with Gasteiger partial charge in [-0.3, -0.25) is 9.59 Å². The summed E-state index contributed by atoms with van der Waals surface area (Å²) in [5.41, 5.74) is 1.26. The summed E-state index contributed by atoms with van der Waals surface area (Å²) in [6, 6.07) is 22.0. The average Bonchev–Trinajstić information content (AvgIpc) is 3.22. The second-order valence-corrected chi connectivity index (χ2v) is 7.63. The molecule has 1 fully saturated rings. The largest absolute Gasteiger partial charge is 0.486 e. The first kappa shape index (κ1) is 19.9. The maximum Gasteiger partial charge on any atom is 0.229 e. The van der Waals surface area contributed by atoms with Crippen LogP contribution < -0.4 is 24.4 Å². The summed E-state index contributed by atoms with van der Waals surface area (Å²) < 4.78 is 17.1. The Morgan fingerprint density at radius 2 is 1.69 bits per heavy atom. The molecule has 1 saturated heterocycles. The maximum absolute atomic E-state index is 13.0. The Bertz CT molecular complexity index is 1150. The first-order valence-corrected chi connectivity index (χ1v) is 10.5. The van der Waals surface area contributed by atoms with E-state index in [1.807, 2.05) is 48.5 Å². The number of nitrogens with one attached hydrogen (secondary N) is 1. The van der Waals surface area contributed by atoms with E-state index in [1.54, 1.807) is 29.2 Å². The highest BCUT2D eigenvalue weighted by Gasteiger charge is 2.36. The van der Waals surface area contributed by atoms with Crippen LogP contribution in [0.25, 0.3) is 0 Å². The lowest BCUT2D eigenvalue weighted by Crippen LogP contribution is -2.28. The molecule has 1 N–H and O–H groups in total. The number of amides is 2. The van der Waals surface area contributed by atoms with Crippen LogP contribution in [0, 0.1) is 5.92 Å². The Morgan fingerprint density at radius 3 is 2.53 bits per heavy atom. The van der Waals surface area contributed by atoms with Crippen LogP contribution in [0.5, 0.6) is 23.0 Å². The Kier molecular flexibility index (Phi) is 5.37. The summed E-state index contributed by atoms with van der Waals surface area (Å²) in [7, 11) is 0. The molecule has 0 saturated carbocycles. The topological polar surface area (TPSA) is 77.1 Å². The van der Waals surface area contributed by atoms with Gasteiger partial charge >= 0.3 is 0 Å². The third kappa shape index (κ3) is 4.09. The number of hydrogen-bond acceptors (Lipinski definition) is 5. The van der Waals surface area contributed by atoms with Gasteiger partial charge in [0.05, 0.1) is 11.6 Å². The van der Waals surface area contributed by atoms with Crippen LogP contribution in [0.3, 0.4) is 0 Å². The van der Waals surface area contributed by atoms with Crippen molar-refractivity contribution in [2.45, 2.75) is 6.42 Å². The molecular formula is C25H22N2O5. The van der Waals surface area contributed by atoms with Crippen molar-refractivity contribution in [1.82, 2.24) is 0 Å². The fraction of sp³-hybridized carbons (Fsp3) is 0.200. The fourth-order valence-corrected chi connectivity index (χ4v) is 3.84. The van der Waals surface area contributed by atoms with Gasteiger partial charge < -0.3 is 24.4 Å². The summed E-state index contributed by atoms with van der Waals surface area (Å²) in [6.45, 7) is 1.28. The number of hydrogen-bond donors (Lipinski definition) is 1. The van der Waals surface area contributed by atoms with Crippen molar-refractivity contribution in [3.8, 4) is 23.0 Å². The van der Waals surface area contributed by atoms with Crippen LogP contribution in [0.1, 0.15) is 6.42 Å². The molecule has 2 aliphatic heterocycles. The van der Waals surface area contributed by atoms with E-state index in [0.29, 0.717) is 54.1 Å². The Morgan fingerprint density at radius 1 is 0.938 bits per heavy atom. The van der Waals surface area contributed by atoms with Gasteiger partial charge in [0, 0.05) is 24.7 Å². The molecule has 2 amide bonds. The van der Waals surface area contributed by atoms with Gasteiger partial charge in [0.1, 0.15) is 19.0 Å². The van der Waals surface area contributed by atoms with Gasteiger partial charge in [-0.1, -0.05) is 30.3 Å². The number of ether oxygens (including phenoxy) is 3. The average molecular weight is 430 g/mol. The van der Waals surface area contributed by atoms with Crippen LogP contribution in [-0.4, -0.2) is 31.6 Å². The first-order valence-electron chi connectivity index (χ1n) is 10.5. The van der Waals surface area contributed by atoms with Gasteiger partial charge in [-0.2, -0.15) is 0 Å². The van der Waals surface area contributed by atoms with Crippen molar-refractivity contribution >= 4 is 23.2 Å². The molecule has 0 bridgehead atoms. The molecule has 0 radical (unpaired) electrons. The minimum absolute atomic E-state index is 0.101. The zero-order valence-electron chi connectivity index (χ0n) is 17.3. The van der Waals surface area contributed by atoms with Gasteiger partial charge in [-0.15, -0.1) is 0 Å². The Hall–Kier alpha value is -4.00. The highest BCUT2D eigenvalue weighted by molar-refractivity contribution is 6.04. The zero-order valence-corrected chi connectivity index (χ0v) is 17.3. The van der Waals surface area contributed by atoms with E-state index in [1.165, 1.54) is 0 Å². The minimum atomic E-state index is -0.472. The second kappa shape index (κ2) is 8.63. The van der Waals surface area contributed by atoms with Crippen molar-refractivity contribution in [1.29, 1.82) is 0 Å². The van der Waals surface area contributed by atoms with E-state index in [-0.39, 0.29) is 18.2 Å². The highest BCUT2D eigenvalue weighted by atomic mass is 16.6. The molecule has 0 spiro atoms. The molecule has 5 rings (SSSR count). The Balaban J connectivity index is 1.29. The van der Waals surface area contributed by atoms with Crippen molar-refractivity contribution < 1.29 is 23.8 Å². The van der Waals surface area contributed by atoms with E-state index in [4.69, 9.17) is 14.2 Å². The number of benzene rings is 3. The number of nitrogens with zero attached hydrogens (tertiary/aromatic N) is 1. The number of para-hydroxylation sites is 3. The molecule has 0 unspecified atom stereocenters. The SMILES string of the molecule is O=C(Nc1ccccc1Oc1ccccc1)[C@H]1CC(=O)N(c2ccc3c(c2)OCCO3)C1. The van der Waals surface area contributed by atoms with Crippen molar-refractivity contribution in [3.05, 3.63) is 72.8 Å². The van der Waals surface area contributed by atoms with E-state index in [9.17, 15) is 9.59 Å². The lowest BCUT2D eigenvalue weighted by Gasteiger charge is -2.22. The third-order valence-electron chi connectivity index (χ3n) is 5.45. The summed E-state index contributed by atoms with van der Waals surface area (Å²) in [6.07, 6.45) is 0.141. The number of carbonyl (C=O) groups is 2. The van der Waals surface area contributed by atoms with Crippen LogP contribution >= 0.6 is 0 Å². The molecule has 1 atom stereocenters. The molecular weight excluding hydrogens is 408 g/mol. The molecule has 3 aromatic rings. The smallest absolute Gasteiger partial charge is 0.229 e. The summed E-state index contributed by atoms with van der Waals surface area (Å²) >= 11 is 0. The van der Waals surface area contributed by atoms with E-state index in [0.717, 1.165) is 0 Å². The Labute approximate surface area is 185 Å². The number of anilines is 2. The second-order valence-electron chi connectivity index (χ2n) is 7.63. The zero-order chi connectivity index (χ0) is 21.9. The quantitative estimate of drug-likeness (QED) is 0.655. The molecule has 3 aromatic carbocycles. The molecule has 7 heteroatoms.